The number of nitrogens with zero attached hydrogens (tertiary/aromatic N) is 3. The summed E-state index contributed by atoms with van der Waals surface area (Å²) in [5.41, 5.74) is 1.56. The standard InChI is InChI=1S/C16H14N6O2S2/c1-2-9-8-18-16(12-5-6-14(25-12)26(17,23)24)20-15(9)19-13-7-11(21-22-13)10-3-4-10/h1,5-8,10H,3-4H2,(H2,17,23,24)(H2,18,19,20,21,22). The lowest BCUT2D eigenvalue weighted by atomic mass is 10.3. The summed E-state index contributed by atoms with van der Waals surface area (Å²) in [7, 11) is -3.76. The third-order valence-electron chi connectivity index (χ3n) is 3.89. The summed E-state index contributed by atoms with van der Waals surface area (Å²) in [4.78, 5) is 9.21. The predicted molar refractivity (Wildman–Crippen MR) is 98.5 cm³/mol. The van der Waals surface area contributed by atoms with Crippen LogP contribution in [-0.2, 0) is 10.0 Å². The highest BCUT2D eigenvalue weighted by atomic mass is 32.2. The molecule has 1 aliphatic rings. The zero-order valence-electron chi connectivity index (χ0n) is 13.4. The van der Waals surface area contributed by atoms with E-state index in [9.17, 15) is 8.42 Å². The molecule has 3 heterocycles. The van der Waals surface area contributed by atoms with E-state index in [1.165, 1.54) is 25.1 Å². The predicted octanol–water partition coefficient (Wildman–Crippen LogP) is 2.18. The van der Waals surface area contributed by atoms with Crippen LogP contribution in [0.1, 0.15) is 30.0 Å². The summed E-state index contributed by atoms with van der Waals surface area (Å²) in [6.07, 6.45) is 9.37. The van der Waals surface area contributed by atoms with Gasteiger partial charge in [-0.2, -0.15) is 5.10 Å². The van der Waals surface area contributed by atoms with Gasteiger partial charge in [0.1, 0.15) is 4.21 Å². The Morgan fingerprint density at radius 2 is 2.19 bits per heavy atom. The minimum atomic E-state index is -3.76. The average molecular weight is 386 g/mol. The van der Waals surface area contributed by atoms with E-state index >= 15 is 0 Å². The van der Waals surface area contributed by atoms with Crippen molar-refractivity contribution in [2.75, 3.05) is 5.32 Å². The third kappa shape index (κ3) is 3.32. The number of H-pyrrole nitrogens is 1. The average Bonchev–Trinajstić information content (AvgIpc) is 3.14. The van der Waals surface area contributed by atoms with E-state index in [2.05, 4.69) is 31.4 Å². The molecule has 10 heteroatoms. The third-order valence-corrected chi connectivity index (χ3v) is 6.41. The van der Waals surface area contributed by atoms with Gasteiger partial charge >= 0.3 is 0 Å². The summed E-state index contributed by atoms with van der Waals surface area (Å²) in [5.74, 6) is 4.47. The number of sulfonamides is 1. The molecule has 0 spiro atoms. The molecule has 1 fully saturated rings. The van der Waals surface area contributed by atoms with E-state index in [1.807, 2.05) is 6.07 Å². The SMILES string of the molecule is C#Cc1cnc(-c2ccc(S(N)(=O)=O)s2)nc1Nc1cc(C2CC2)[nH]n1. The first-order valence-electron chi connectivity index (χ1n) is 7.73. The molecule has 0 atom stereocenters. The minimum Gasteiger partial charge on any atom is -0.322 e. The maximum Gasteiger partial charge on any atom is 0.247 e. The van der Waals surface area contributed by atoms with Gasteiger partial charge in [0.15, 0.2) is 17.5 Å². The number of thiophene rings is 1. The summed E-state index contributed by atoms with van der Waals surface area (Å²) < 4.78 is 22.9. The summed E-state index contributed by atoms with van der Waals surface area (Å²) >= 11 is 0.998. The summed E-state index contributed by atoms with van der Waals surface area (Å²) in [5, 5.41) is 15.5. The van der Waals surface area contributed by atoms with Crippen molar-refractivity contribution in [3.05, 3.63) is 35.7 Å². The van der Waals surface area contributed by atoms with Crippen LogP contribution in [0.2, 0.25) is 0 Å². The van der Waals surface area contributed by atoms with E-state index in [0.29, 0.717) is 33.8 Å². The molecule has 132 valence electrons. The Hall–Kier alpha value is -2.74. The van der Waals surface area contributed by atoms with Crippen LogP contribution in [0, 0.1) is 12.3 Å². The molecule has 0 radical (unpaired) electrons. The van der Waals surface area contributed by atoms with Crippen LogP contribution < -0.4 is 10.5 Å². The first-order valence-corrected chi connectivity index (χ1v) is 10.1. The smallest absolute Gasteiger partial charge is 0.247 e. The molecule has 3 aromatic rings. The molecule has 3 aromatic heterocycles. The van der Waals surface area contributed by atoms with Gasteiger partial charge in [-0.15, -0.1) is 17.8 Å². The van der Waals surface area contributed by atoms with Crippen LogP contribution in [0.15, 0.2) is 28.6 Å². The van der Waals surface area contributed by atoms with Crippen LogP contribution in [0.25, 0.3) is 10.7 Å². The second-order valence-corrected chi connectivity index (χ2v) is 8.74. The fourth-order valence-electron chi connectivity index (χ4n) is 2.42. The number of nitrogens with one attached hydrogen (secondary N) is 2. The zero-order valence-corrected chi connectivity index (χ0v) is 15.1. The van der Waals surface area contributed by atoms with Crippen LogP contribution in [0.4, 0.5) is 11.6 Å². The maximum atomic E-state index is 11.4. The number of aromatic nitrogens is 4. The Morgan fingerprint density at radius 1 is 1.38 bits per heavy atom. The van der Waals surface area contributed by atoms with Gasteiger partial charge in [0.2, 0.25) is 10.0 Å². The maximum absolute atomic E-state index is 11.4. The van der Waals surface area contributed by atoms with E-state index in [1.54, 1.807) is 6.07 Å². The second kappa shape index (κ2) is 6.21. The lowest BCUT2D eigenvalue weighted by Gasteiger charge is -2.06. The number of aromatic amines is 1. The number of terminal acetylenes is 1. The van der Waals surface area contributed by atoms with E-state index in [4.69, 9.17) is 11.6 Å². The van der Waals surface area contributed by atoms with E-state index in [0.717, 1.165) is 17.0 Å². The van der Waals surface area contributed by atoms with Gasteiger partial charge in [-0.25, -0.2) is 23.5 Å². The molecule has 26 heavy (non-hydrogen) atoms. The van der Waals surface area contributed by atoms with Gasteiger partial charge in [-0.3, -0.25) is 5.10 Å². The molecule has 4 rings (SSSR count). The van der Waals surface area contributed by atoms with Crippen LogP contribution in [0.5, 0.6) is 0 Å². The lowest BCUT2D eigenvalue weighted by molar-refractivity contribution is 0.600. The van der Waals surface area contributed by atoms with Gasteiger partial charge < -0.3 is 5.32 Å². The number of nitrogens with two attached hydrogens (primary N) is 1. The Kier molecular flexibility index (Phi) is 3.99. The minimum absolute atomic E-state index is 0.0491. The van der Waals surface area contributed by atoms with E-state index < -0.39 is 10.0 Å². The summed E-state index contributed by atoms with van der Waals surface area (Å²) in [6, 6.07) is 4.97. The molecule has 0 saturated heterocycles. The largest absolute Gasteiger partial charge is 0.322 e. The number of hydrogen-bond donors (Lipinski definition) is 3. The first-order chi connectivity index (χ1) is 12.4. The summed E-state index contributed by atoms with van der Waals surface area (Å²) in [6.45, 7) is 0. The molecule has 0 aromatic carbocycles. The second-order valence-electron chi connectivity index (χ2n) is 5.87. The van der Waals surface area contributed by atoms with Crippen molar-refractivity contribution in [1.82, 2.24) is 20.2 Å². The van der Waals surface area contributed by atoms with Crippen molar-refractivity contribution in [2.45, 2.75) is 23.0 Å². The molecular weight excluding hydrogens is 372 g/mol. The number of anilines is 2. The van der Waals surface area contributed by atoms with Crippen LogP contribution >= 0.6 is 11.3 Å². The molecular formula is C16H14N6O2S2. The molecule has 4 N–H and O–H groups in total. The topological polar surface area (TPSA) is 127 Å². The van der Waals surface area contributed by atoms with Crippen molar-refractivity contribution in [2.24, 2.45) is 5.14 Å². The molecule has 0 aliphatic heterocycles. The Balaban J connectivity index is 1.66. The Morgan fingerprint density at radius 3 is 2.85 bits per heavy atom. The van der Waals surface area contributed by atoms with Crippen molar-refractivity contribution in [1.29, 1.82) is 0 Å². The first kappa shape index (κ1) is 16.7. The Bertz CT molecular complexity index is 1120. The van der Waals surface area contributed by atoms with Crippen molar-refractivity contribution in [3.63, 3.8) is 0 Å². The highest BCUT2D eigenvalue weighted by Gasteiger charge is 2.25. The number of hydrogen-bond acceptors (Lipinski definition) is 7. The Labute approximate surface area is 153 Å². The highest BCUT2D eigenvalue weighted by molar-refractivity contribution is 7.91. The van der Waals surface area contributed by atoms with Gasteiger partial charge in [0.25, 0.3) is 0 Å². The molecule has 0 amide bonds. The van der Waals surface area contributed by atoms with Gasteiger partial charge in [-0.05, 0) is 25.0 Å². The van der Waals surface area contributed by atoms with Crippen LogP contribution in [0.3, 0.4) is 0 Å². The fraction of sp³-hybridized carbons (Fsp3) is 0.188. The van der Waals surface area contributed by atoms with Crippen molar-refractivity contribution < 1.29 is 8.42 Å². The fourth-order valence-corrected chi connectivity index (χ4v) is 4.09. The van der Waals surface area contributed by atoms with Crippen molar-refractivity contribution >= 4 is 33.0 Å². The molecule has 1 aliphatic carbocycles. The van der Waals surface area contributed by atoms with Gasteiger partial charge in [-0.1, -0.05) is 5.92 Å². The van der Waals surface area contributed by atoms with Gasteiger partial charge in [0, 0.05) is 23.9 Å². The van der Waals surface area contributed by atoms with Gasteiger partial charge in [0.05, 0.1) is 10.4 Å². The number of rotatable bonds is 5. The normalized spacial score (nSPS) is 14.2. The number of primary sulfonamides is 1. The van der Waals surface area contributed by atoms with E-state index in [-0.39, 0.29) is 4.21 Å². The quantitative estimate of drug-likeness (QED) is 0.577. The van der Waals surface area contributed by atoms with Crippen molar-refractivity contribution in [3.8, 4) is 23.0 Å². The zero-order chi connectivity index (χ0) is 18.3. The molecule has 8 nitrogen and oxygen atoms in total. The molecule has 0 bridgehead atoms. The monoisotopic (exact) mass is 386 g/mol. The lowest BCUT2D eigenvalue weighted by Crippen LogP contribution is -2.09. The van der Waals surface area contributed by atoms with Crippen LogP contribution in [-0.4, -0.2) is 28.6 Å². The molecule has 1 saturated carbocycles. The molecule has 0 unspecified atom stereocenters. The highest BCUT2D eigenvalue weighted by Crippen LogP contribution is 2.39.